The first-order valence-corrected chi connectivity index (χ1v) is 7.45. The summed E-state index contributed by atoms with van der Waals surface area (Å²) in [5, 5.41) is 0. The van der Waals surface area contributed by atoms with Gasteiger partial charge in [0.05, 0.1) is 0 Å². The Hall–Kier alpha value is -1.68. The predicted molar refractivity (Wildman–Crippen MR) is 83.7 cm³/mol. The van der Waals surface area contributed by atoms with E-state index < -0.39 is 0 Å². The minimum Gasteiger partial charge on any atom is -0.337 e. The van der Waals surface area contributed by atoms with Crippen molar-refractivity contribution in [3.05, 3.63) is 64.4 Å². The lowest BCUT2D eigenvalue weighted by Crippen LogP contribution is -2.33. The fourth-order valence-corrected chi connectivity index (χ4v) is 2.43. The third-order valence-electron chi connectivity index (χ3n) is 3.14. The Balaban J connectivity index is 2.05. The van der Waals surface area contributed by atoms with Crippen LogP contribution in [0.25, 0.3) is 0 Å². The Kier molecular flexibility index (Phi) is 5.30. The lowest BCUT2D eigenvalue weighted by atomic mass is 10.1. The van der Waals surface area contributed by atoms with Crippen LogP contribution in [-0.4, -0.2) is 28.9 Å². The Morgan fingerprint density at radius 2 is 1.95 bits per heavy atom. The van der Waals surface area contributed by atoms with E-state index >= 15 is 0 Å². The largest absolute Gasteiger partial charge is 0.337 e. The molecule has 0 unspecified atom stereocenters. The first kappa shape index (κ1) is 14.7. The van der Waals surface area contributed by atoms with Crippen molar-refractivity contribution in [2.75, 3.05) is 13.1 Å². The monoisotopic (exact) mass is 332 g/mol. The lowest BCUT2D eigenvalue weighted by Gasteiger charge is -2.21. The number of aromatic nitrogens is 1. The molecule has 0 radical (unpaired) electrons. The molecule has 104 valence electrons. The van der Waals surface area contributed by atoms with E-state index in [4.69, 9.17) is 0 Å². The summed E-state index contributed by atoms with van der Waals surface area (Å²) in [6.45, 7) is 3.36. The topological polar surface area (TPSA) is 33.2 Å². The quantitative estimate of drug-likeness (QED) is 0.838. The van der Waals surface area contributed by atoms with E-state index in [0.717, 1.165) is 10.9 Å². The second-order valence-electron chi connectivity index (χ2n) is 4.45. The molecule has 3 nitrogen and oxygen atoms in total. The fraction of sp³-hybridized carbons (Fsp3) is 0.250. The van der Waals surface area contributed by atoms with Gasteiger partial charge < -0.3 is 4.90 Å². The van der Waals surface area contributed by atoms with E-state index in [-0.39, 0.29) is 5.91 Å². The summed E-state index contributed by atoms with van der Waals surface area (Å²) < 4.78 is 0.739. The SMILES string of the molecule is CCN(CCc1ccccc1)C(=O)c1ncccc1Br. The van der Waals surface area contributed by atoms with Gasteiger partial charge in [0.15, 0.2) is 0 Å². The predicted octanol–water partition coefficient (Wildman–Crippen LogP) is 3.55. The highest BCUT2D eigenvalue weighted by Crippen LogP contribution is 2.15. The summed E-state index contributed by atoms with van der Waals surface area (Å²) >= 11 is 3.38. The van der Waals surface area contributed by atoms with E-state index in [0.29, 0.717) is 18.8 Å². The lowest BCUT2D eigenvalue weighted by molar-refractivity contribution is 0.0759. The molecule has 0 aliphatic carbocycles. The minimum absolute atomic E-state index is 0.0316. The molecule has 1 heterocycles. The van der Waals surface area contributed by atoms with Crippen LogP contribution in [0.5, 0.6) is 0 Å². The van der Waals surface area contributed by atoms with Crippen molar-refractivity contribution in [1.82, 2.24) is 9.88 Å². The van der Waals surface area contributed by atoms with Crippen LogP contribution < -0.4 is 0 Å². The molecule has 0 spiro atoms. The molecule has 4 heteroatoms. The molecule has 20 heavy (non-hydrogen) atoms. The molecule has 0 saturated heterocycles. The maximum absolute atomic E-state index is 12.5. The highest BCUT2D eigenvalue weighted by atomic mass is 79.9. The molecule has 0 fully saturated rings. The summed E-state index contributed by atoms with van der Waals surface area (Å²) in [4.78, 5) is 18.4. The van der Waals surface area contributed by atoms with Crippen molar-refractivity contribution >= 4 is 21.8 Å². The average molecular weight is 333 g/mol. The van der Waals surface area contributed by atoms with Gasteiger partial charge in [-0.3, -0.25) is 4.79 Å². The van der Waals surface area contributed by atoms with Crippen LogP contribution in [0.1, 0.15) is 23.0 Å². The molecule has 0 bridgehead atoms. The Labute approximate surface area is 127 Å². The highest BCUT2D eigenvalue weighted by Gasteiger charge is 2.17. The third kappa shape index (κ3) is 3.67. The molecule has 0 aliphatic rings. The number of rotatable bonds is 5. The normalized spacial score (nSPS) is 10.3. The van der Waals surface area contributed by atoms with E-state index in [1.54, 1.807) is 12.3 Å². The molecular formula is C16H17BrN2O. The van der Waals surface area contributed by atoms with Gasteiger partial charge in [-0.05, 0) is 47.0 Å². The number of pyridine rings is 1. The van der Waals surface area contributed by atoms with Gasteiger partial charge in [-0.25, -0.2) is 4.98 Å². The zero-order valence-electron chi connectivity index (χ0n) is 11.4. The number of likely N-dealkylation sites (N-methyl/N-ethyl adjacent to an activating group) is 1. The number of carbonyl (C=O) groups is 1. The number of hydrogen-bond donors (Lipinski definition) is 0. The standard InChI is InChI=1S/C16H17BrN2O/c1-2-19(12-10-13-7-4-3-5-8-13)16(20)15-14(17)9-6-11-18-15/h3-9,11H,2,10,12H2,1H3. The van der Waals surface area contributed by atoms with Crippen molar-refractivity contribution in [1.29, 1.82) is 0 Å². The van der Waals surface area contributed by atoms with Crippen molar-refractivity contribution in [3.63, 3.8) is 0 Å². The van der Waals surface area contributed by atoms with Gasteiger partial charge in [0.2, 0.25) is 0 Å². The molecule has 0 aliphatic heterocycles. The highest BCUT2D eigenvalue weighted by molar-refractivity contribution is 9.10. The van der Waals surface area contributed by atoms with Crippen LogP contribution in [-0.2, 0) is 6.42 Å². The van der Waals surface area contributed by atoms with Gasteiger partial charge in [0.25, 0.3) is 5.91 Å². The molecule has 2 rings (SSSR count). The molecule has 1 amide bonds. The van der Waals surface area contributed by atoms with Crippen molar-refractivity contribution in [3.8, 4) is 0 Å². The van der Waals surface area contributed by atoms with Gasteiger partial charge >= 0.3 is 0 Å². The first-order valence-electron chi connectivity index (χ1n) is 6.66. The Bertz CT molecular complexity index is 572. The zero-order chi connectivity index (χ0) is 14.4. The summed E-state index contributed by atoms with van der Waals surface area (Å²) in [5.74, 6) is -0.0316. The van der Waals surface area contributed by atoms with Gasteiger partial charge in [-0.1, -0.05) is 30.3 Å². The molecule has 2 aromatic rings. The first-order chi connectivity index (χ1) is 9.72. The van der Waals surface area contributed by atoms with Gasteiger partial charge in [-0.15, -0.1) is 0 Å². The number of amides is 1. The smallest absolute Gasteiger partial charge is 0.273 e. The van der Waals surface area contributed by atoms with Gasteiger partial charge in [-0.2, -0.15) is 0 Å². The maximum Gasteiger partial charge on any atom is 0.273 e. The van der Waals surface area contributed by atoms with Crippen LogP contribution in [0, 0.1) is 0 Å². The molecule has 0 N–H and O–H groups in total. The Morgan fingerprint density at radius 1 is 1.20 bits per heavy atom. The number of carbonyl (C=O) groups excluding carboxylic acids is 1. The van der Waals surface area contributed by atoms with E-state index in [1.807, 2.05) is 36.1 Å². The fourth-order valence-electron chi connectivity index (χ4n) is 2.00. The summed E-state index contributed by atoms with van der Waals surface area (Å²) in [7, 11) is 0. The Morgan fingerprint density at radius 3 is 2.60 bits per heavy atom. The second kappa shape index (κ2) is 7.20. The number of benzene rings is 1. The van der Waals surface area contributed by atoms with Crippen molar-refractivity contribution in [2.45, 2.75) is 13.3 Å². The summed E-state index contributed by atoms with van der Waals surface area (Å²) in [5.41, 5.74) is 1.71. The maximum atomic E-state index is 12.5. The summed E-state index contributed by atoms with van der Waals surface area (Å²) in [6.07, 6.45) is 2.49. The van der Waals surface area contributed by atoms with Gasteiger partial charge in [0.1, 0.15) is 5.69 Å². The van der Waals surface area contributed by atoms with Crippen LogP contribution >= 0.6 is 15.9 Å². The molecule has 0 atom stereocenters. The number of halogens is 1. The van der Waals surface area contributed by atoms with Crippen LogP contribution in [0.4, 0.5) is 0 Å². The number of nitrogens with zero attached hydrogens (tertiary/aromatic N) is 2. The second-order valence-corrected chi connectivity index (χ2v) is 5.31. The molecule has 0 saturated carbocycles. The van der Waals surface area contributed by atoms with E-state index in [9.17, 15) is 4.79 Å². The van der Waals surface area contributed by atoms with Crippen LogP contribution in [0.2, 0.25) is 0 Å². The average Bonchev–Trinajstić information content (AvgIpc) is 2.49. The molecular weight excluding hydrogens is 316 g/mol. The zero-order valence-corrected chi connectivity index (χ0v) is 13.0. The van der Waals surface area contributed by atoms with Crippen molar-refractivity contribution < 1.29 is 4.79 Å². The van der Waals surface area contributed by atoms with E-state index in [1.165, 1.54) is 5.56 Å². The van der Waals surface area contributed by atoms with E-state index in [2.05, 4.69) is 33.0 Å². The summed E-state index contributed by atoms with van der Waals surface area (Å²) in [6, 6.07) is 13.8. The van der Waals surface area contributed by atoms with Crippen LogP contribution in [0.15, 0.2) is 53.1 Å². The minimum atomic E-state index is -0.0316. The van der Waals surface area contributed by atoms with Crippen LogP contribution in [0.3, 0.4) is 0 Å². The number of hydrogen-bond acceptors (Lipinski definition) is 2. The molecule has 1 aromatic carbocycles. The van der Waals surface area contributed by atoms with Gasteiger partial charge in [0, 0.05) is 23.8 Å². The third-order valence-corrected chi connectivity index (χ3v) is 3.78. The molecule has 1 aromatic heterocycles. The van der Waals surface area contributed by atoms with Crippen molar-refractivity contribution in [2.24, 2.45) is 0 Å².